The fraction of sp³-hybridized carbons (Fsp3) is 0.875. The third kappa shape index (κ3) is 5.29. The van der Waals surface area contributed by atoms with Gasteiger partial charge in [0.15, 0.2) is 0 Å². The number of allylic oxidation sites excluding steroid dienone is 1. The van der Waals surface area contributed by atoms with Crippen molar-refractivity contribution in [2.45, 2.75) is 73.1 Å². The molecule has 0 N–H and O–H groups in total. The van der Waals surface area contributed by atoms with Gasteiger partial charge >= 0.3 is 5.97 Å². The first-order chi connectivity index (χ1) is 12.7. The second-order valence-electron chi connectivity index (χ2n) is 10.8. The van der Waals surface area contributed by atoms with Gasteiger partial charge in [-0.3, -0.25) is 4.79 Å². The van der Waals surface area contributed by atoms with E-state index in [1.807, 2.05) is 0 Å². The highest BCUT2D eigenvalue weighted by molar-refractivity contribution is 5.73. The fourth-order valence-corrected chi connectivity index (χ4v) is 5.21. The molecule has 3 heteroatoms. The van der Waals surface area contributed by atoms with Gasteiger partial charge in [-0.2, -0.15) is 0 Å². The lowest BCUT2D eigenvalue weighted by Crippen LogP contribution is -2.33. The van der Waals surface area contributed by atoms with Gasteiger partial charge in [-0.05, 0) is 61.7 Å². The van der Waals surface area contributed by atoms with Crippen LogP contribution in [0.15, 0.2) is 12.3 Å². The predicted molar refractivity (Wildman–Crippen MR) is 109 cm³/mol. The average Bonchev–Trinajstić information content (AvgIpc) is 3.37. The number of carbonyl (C=O) groups excluding carboxylic acids is 1. The molecule has 0 aromatic rings. The predicted octanol–water partition coefficient (Wildman–Crippen LogP) is 5.84. The number of hydrogen-bond donors (Lipinski definition) is 0. The second kappa shape index (κ2) is 8.17. The molecule has 0 amide bonds. The minimum Gasteiger partial charge on any atom is -0.498 e. The minimum atomic E-state index is -0.192. The third-order valence-electron chi connectivity index (χ3n) is 7.41. The lowest BCUT2D eigenvalue weighted by molar-refractivity contribution is -0.155. The molecule has 3 aliphatic rings. The molecule has 0 bridgehead atoms. The molecule has 3 nitrogen and oxygen atoms in total. The molecule has 0 aromatic heterocycles. The van der Waals surface area contributed by atoms with Crippen LogP contribution in [0, 0.1) is 46.8 Å². The van der Waals surface area contributed by atoms with E-state index in [-0.39, 0.29) is 17.3 Å². The van der Waals surface area contributed by atoms with Gasteiger partial charge in [0.1, 0.15) is 0 Å². The number of carbonyl (C=O) groups is 1. The van der Waals surface area contributed by atoms with Gasteiger partial charge in [-0.1, -0.05) is 47.6 Å². The van der Waals surface area contributed by atoms with Gasteiger partial charge in [-0.15, -0.1) is 0 Å². The lowest BCUT2D eigenvalue weighted by Gasteiger charge is -2.35. The average molecular weight is 377 g/mol. The summed E-state index contributed by atoms with van der Waals surface area (Å²) < 4.78 is 11.9. The van der Waals surface area contributed by atoms with Crippen LogP contribution < -0.4 is 0 Å². The van der Waals surface area contributed by atoms with Crippen LogP contribution in [0.1, 0.15) is 73.1 Å². The van der Waals surface area contributed by atoms with E-state index in [1.54, 1.807) is 0 Å². The van der Waals surface area contributed by atoms with Crippen molar-refractivity contribution in [3.05, 3.63) is 12.3 Å². The van der Waals surface area contributed by atoms with Crippen molar-refractivity contribution < 1.29 is 14.3 Å². The van der Waals surface area contributed by atoms with Crippen LogP contribution in [0.25, 0.3) is 0 Å². The molecule has 7 atom stereocenters. The molecule has 3 aliphatic carbocycles. The van der Waals surface area contributed by atoms with E-state index in [1.165, 1.54) is 32.1 Å². The Hall–Kier alpha value is -0.990. The van der Waals surface area contributed by atoms with E-state index in [9.17, 15) is 4.79 Å². The highest BCUT2D eigenvalue weighted by atomic mass is 16.5. The largest absolute Gasteiger partial charge is 0.498 e. The van der Waals surface area contributed by atoms with E-state index < -0.39 is 0 Å². The molecule has 0 aromatic carbocycles. The summed E-state index contributed by atoms with van der Waals surface area (Å²) in [5.74, 6) is 5.05. The van der Waals surface area contributed by atoms with E-state index in [4.69, 9.17) is 9.47 Å². The van der Waals surface area contributed by atoms with Gasteiger partial charge in [0.2, 0.25) is 0 Å². The number of fused-ring (bicyclic) bond motifs is 1. The maximum absolute atomic E-state index is 12.6. The summed E-state index contributed by atoms with van der Waals surface area (Å²) in [4.78, 5) is 12.6. The van der Waals surface area contributed by atoms with Gasteiger partial charge in [0.05, 0.1) is 24.9 Å². The van der Waals surface area contributed by atoms with E-state index in [0.717, 1.165) is 29.9 Å². The normalized spacial score (nSPS) is 38.6. The first kappa shape index (κ1) is 20.7. The zero-order chi connectivity index (χ0) is 19.8. The Kier molecular flexibility index (Phi) is 6.27. The molecule has 3 saturated carbocycles. The molecule has 0 radical (unpaired) electrons. The van der Waals surface area contributed by atoms with Crippen molar-refractivity contribution in [1.29, 1.82) is 0 Å². The second-order valence-corrected chi connectivity index (χ2v) is 10.8. The van der Waals surface area contributed by atoms with Crippen LogP contribution in [0.3, 0.4) is 0 Å². The van der Waals surface area contributed by atoms with Crippen molar-refractivity contribution in [1.82, 2.24) is 0 Å². The maximum atomic E-state index is 12.6. The first-order valence-electron chi connectivity index (χ1n) is 11.1. The summed E-state index contributed by atoms with van der Waals surface area (Å²) in [7, 11) is 0. The Morgan fingerprint density at radius 2 is 1.56 bits per heavy atom. The fourth-order valence-electron chi connectivity index (χ4n) is 5.21. The first-order valence-corrected chi connectivity index (χ1v) is 11.1. The molecule has 0 saturated heterocycles. The van der Waals surface area contributed by atoms with Gasteiger partial charge in [0.25, 0.3) is 0 Å². The molecular weight excluding hydrogens is 336 g/mol. The quantitative estimate of drug-likeness (QED) is 0.413. The smallest absolute Gasteiger partial charge is 0.309 e. The number of esters is 1. The molecule has 27 heavy (non-hydrogen) atoms. The summed E-state index contributed by atoms with van der Waals surface area (Å²) >= 11 is 0. The van der Waals surface area contributed by atoms with Gasteiger partial charge in [0, 0.05) is 11.3 Å². The minimum absolute atomic E-state index is 0.00878. The molecular formula is C24H40O3. The van der Waals surface area contributed by atoms with E-state index in [2.05, 4.69) is 41.2 Å². The Balaban J connectivity index is 1.42. The molecule has 0 aliphatic heterocycles. The summed E-state index contributed by atoms with van der Waals surface area (Å²) in [5, 5.41) is 0. The van der Waals surface area contributed by atoms with Crippen LogP contribution in [0.2, 0.25) is 0 Å². The van der Waals surface area contributed by atoms with Crippen molar-refractivity contribution in [2.24, 2.45) is 46.8 Å². The van der Waals surface area contributed by atoms with Crippen LogP contribution in [-0.4, -0.2) is 19.2 Å². The number of rotatable bonds is 7. The lowest BCUT2D eigenvalue weighted by atomic mass is 9.75. The zero-order valence-corrected chi connectivity index (χ0v) is 18.1. The maximum Gasteiger partial charge on any atom is 0.309 e. The summed E-state index contributed by atoms with van der Waals surface area (Å²) in [6.45, 7) is 16.3. The summed E-state index contributed by atoms with van der Waals surface area (Å²) in [6, 6.07) is 0. The molecule has 154 valence electrons. The number of ether oxygens (including phenoxy) is 2. The Morgan fingerprint density at radius 3 is 2.30 bits per heavy atom. The number of hydrogen-bond acceptors (Lipinski definition) is 3. The monoisotopic (exact) mass is 376 g/mol. The van der Waals surface area contributed by atoms with Crippen LogP contribution in [-0.2, 0) is 14.3 Å². The molecule has 3 fully saturated rings. The van der Waals surface area contributed by atoms with Gasteiger partial charge < -0.3 is 9.47 Å². The molecule has 3 rings (SSSR count). The Bertz CT molecular complexity index is 528. The molecule has 0 heterocycles. The van der Waals surface area contributed by atoms with E-state index in [0.29, 0.717) is 31.0 Å². The SMILES string of the molecule is C=C(OCC(C)(C)COC(=O)C1CC2CC2CC1C)C1CC(C)CCC1C. The van der Waals surface area contributed by atoms with E-state index >= 15 is 0 Å². The highest BCUT2D eigenvalue weighted by Crippen LogP contribution is 2.53. The highest BCUT2D eigenvalue weighted by Gasteiger charge is 2.47. The third-order valence-corrected chi connectivity index (χ3v) is 7.41. The Labute approximate surface area is 166 Å². The van der Waals surface area contributed by atoms with Crippen LogP contribution in [0.4, 0.5) is 0 Å². The van der Waals surface area contributed by atoms with Crippen molar-refractivity contribution in [3.8, 4) is 0 Å². The van der Waals surface area contributed by atoms with Crippen molar-refractivity contribution >= 4 is 5.97 Å². The van der Waals surface area contributed by atoms with Crippen LogP contribution >= 0.6 is 0 Å². The standard InChI is InChI=1S/C24H40O3/c1-15-7-8-16(2)21(9-15)18(4)26-13-24(5,6)14-27-23(25)22-12-20-11-19(20)10-17(22)3/h15-17,19-22H,4,7-14H2,1-3,5-6H3. The summed E-state index contributed by atoms with van der Waals surface area (Å²) in [5.41, 5.74) is -0.192. The topological polar surface area (TPSA) is 35.5 Å². The molecule has 0 spiro atoms. The van der Waals surface area contributed by atoms with Gasteiger partial charge in [-0.25, -0.2) is 0 Å². The summed E-state index contributed by atoms with van der Waals surface area (Å²) in [6.07, 6.45) is 7.32. The zero-order valence-electron chi connectivity index (χ0n) is 18.1. The van der Waals surface area contributed by atoms with Crippen molar-refractivity contribution in [2.75, 3.05) is 13.2 Å². The van der Waals surface area contributed by atoms with Crippen LogP contribution in [0.5, 0.6) is 0 Å². The van der Waals surface area contributed by atoms with Crippen molar-refractivity contribution in [3.63, 3.8) is 0 Å². The molecule has 7 unspecified atom stereocenters. The Morgan fingerprint density at radius 1 is 0.889 bits per heavy atom.